The van der Waals surface area contributed by atoms with Gasteiger partial charge in [-0.05, 0) is 37.7 Å². The molecule has 2 aromatic heterocycles. The fraction of sp³-hybridized carbons (Fsp3) is 0.538. The second-order valence-corrected chi connectivity index (χ2v) is 6.24. The molecule has 0 saturated heterocycles. The van der Waals surface area contributed by atoms with Gasteiger partial charge in [0.25, 0.3) is 0 Å². The number of nitrogens with zero attached hydrogens (tertiary/aromatic N) is 2. The maximum Gasteiger partial charge on any atom is 0.138 e. The van der Waals surface area contributed by atoms with Gasteiger partial charge in [-0.1, -0.05) is 6.92 Å². The number of hydrogen-bond acceptors (Lipinski definition) is 4. The van der Waals surface area contributed by atoms with Crippen LogP contribution in [-0.4, -0.2) is 16.5 Å². The van der Waals surface area contributed by atoms with E-state index in [-0.39, 0.29) is 0 Å². The van der Waals surface area contributed by atoms with Gasteiger partial charge in [0.05, 0.1) is 5.39 Å². The molecular weight excluding hydrogens is 230 g/mol. The van der Waals surface area contributed by atoms with Crippen molar-refractivity contribution in [3.63, 3.8) is 0 Å². The predicted molar refractivity (Wildman–Crippen MR) is 72.6 cm³/mol. The fourth-order valence-electron chi connectivity index (χ4n) is 2.23. The minimum absolute atomic E-state index is 0.833. The first-order chi connectivity index (χ1) is 8.16. The zero-order chi connectivity index (χ0) is 12.0. The first-order valence-electron chi connectivity index (χ1n) is 6.11. The quantitative estimate of drug-likeness (QED) is 0.903. The zero-order valence-corrected chi connectivity index (χ0v) is 11.3. The fourth-order valence-corrected chi connectivity index (χ4v) is 3.22. The summed E-state index contributed by atoms with van der Waals surface area (Å²) in [5.41, 5.74) is 1.32. The topological polar surface area (TPSA) is 37.8 Å². The average molecular weight is 247 g/mol. The van der Waals surface area contributed by atoms with Crippen LogP contribution >= 0.6 is 11.3 Å². The molecule has 1 fully saturated rings. The molecule has 2 atom stereocenters. The van der Waals surface area contributed by atoms with Crippen molar-refractivity contribution in [1.29, 1.82) is 0 Å². The van der Waals surface area contributed by atoms with Crippen LogP contribution in [0.2, 0.25) is 0 Å². The second-order valence-electron chi connectivity index (χ2n) is 5.04. The van der Waals surface area contributed by atoms with Gasteiger partial charge in [-0.2, -0.15) is 0 Å². The van der Waals surface area contributed by atoms with E-state index in [9.17, 15) is 0 Å². The summed E-state index contributed by atoms with van der Waals surface area (Å²) in [6.07, 6.45) is 3.01. The first kappa shape index (κ1) is 11.0. The summed E-state index contributed by atoms with van der Waals surface area (Å²) in [6.45, 7) is 7.65. The molecule has 2 aromatic rings. The van der Waals surface area contributed by atoms with Gasteiger partial charge >= 0.3 is 0 Å². The Hall–Kier alpha value is -1.16. The van der Waals surface area contributed by atoms with E-state index < -0.39 is 0 Å². The Morgan fingerprint density at radius 3 is 2.88 bits per heavy atom. The van der Waals surface area contributed by atoms with Crippen molar-refractivity contribution in [1.82, 2.24) is 9.97 Å². The highest BCUT2D eigenvalue weighted by atomic mass is 32.1. The molecule has 2 unspecified atom stereocenters. The first-order valence-corrected chi connectivity index (χ1v) is 6.93. The molecule has 0 bridgehead atoms. The van der Waals surface area contributed by atoms with E-state index in [4.69, 9.17) is 0 Å². The Bertz CT molecular complexity index is 561. The van der Waals surface area contributed by atoms with E-state index in [1.54, 1.807) is 17.7 Å². The van der Waals surface area contributed by atoms with Crippen LogP contribution in [0.3, 0.4) is 0 Å². The van der Waals surface area contributed by atoms with Gasteiger partial charge in [0.1, 0.15) is 17.0 Å². The highest BCUT2D eigenvalue weighted by Crippen LogP contribution is 2.38. The highest BCUT2D eigenvalue weighted by Gasteiger charge is 2.32. The van der Waals surface area contributed by atoms with Crippen LogP contribution in [0.5, 0.6) is 0 Å². The largest absolute Gasteiger partial charge is 0.369 e. The second kappa shape index (κ2) is 3.95. The minimum atomic E-state index is 0.833. The summed E-state index contributed by atoms with van der Waals surface area (Å²) >= 11 is 1.75. The Labute approximate surface area is 105 Å². The third-order valence-electron chi connectivity index (χ3n) is 3.77. The van der Waals surface area contributed by atoms with Crippen molar-refractivity contribution in [3.05, 3.63) is 16.8 Å². The van der Waals surface area contributed by atoms with Crippen LogP contribution in [0.1, 0.15) is 23.8 Å². The van der Waals surface area contributed by atoms with Crippen LogP contribution in [0.25, 0.3) is 10.2 Å². The average Bonchev–Trinajstić information content (AvgIpc) is 2.93. The molecule has 0 radical (unpaired) electrons. The SMILES string of the molecule is Cc1sc2ncnc(NCC3CC3C)c2c1C. The van der Waals surface area contributed by atoms with Crippen LogP contribution < -0.4 is 5.32 Å². The van der Waals surface area contributed by atoms with Crippen LogP contribution in [0.15, 0.2) is 6.33 Å². The number of fused-ring (bicyclic) bond motifs is 1. The lowest BCUT2D eigenvalue weighted by Crippen LogP contribution is -2.06. The number of aromatic nitrogens is 2. The molecule has 17 heavy (non-hydrogen) atoms. The molecule has 0 aromatic carbocycles. The maximum atomic E-state index is 4.39. The molecule has 1 saturated carbocycles. The summed E-state index contributed by atoms with van der Waals surface area (Å²) in [5, 5.41) is 4.70. The molecule has 1 aliphatic rings. The van der Waals surface area contributed by atoms with Crippen LogP contribution in [0, 0.1) is 25.7 Å². The Balaban J connectivity index is 1.92. The number of nitrogens with one attached hydrogen (secondary N) is 1. The Kier molecular flexibility index (Phi) is 2.54. The maximum absolute atomic E-state index is 4.39. The Morgan fingerprint density at radius 1 is 1.41 bits per heavy atom. The molecule has 4 heteroatoms. The number of aryl methyl sites for hydroxylation is 2. The minimum Gasteiger partial charge on any atom is -0.369 e. The van der Waals surface area contributed by atoms with Gasteiger partial charge in [0, 0.05) is 11.4 Å². The third-order valence-corrected chi connectivity index (χ3v) is 4.89. The van der Waals surface area contributed by atoms with E-state index in [0.29, 0.717) is 0 Å². The van der Waals surface area contributed by atoms with Crippen molar-refractivity contribution >= 4 is 27.4 Å². The summed E-state index contributed by atoms with van der Waals surface area (Å²) in [5.74, 6) is 2.72. The van der Waals surface area contributed by atoms with Crippen LogP contribution in [0.4, 0.5) is 5.82 Å². The van der Waals surface area contributed by atoms with Crippen molar-refractivity contribution in [2.24, 2.45) is 11.8 Å². The van der Waals surface area contributed by atoms with Gasteiger partial charge in [0.15, 0.2) is 0 Å². The molecule has 90 valence electrons. The lowest BCUT2D eigenvalue weighted by atomic mass is 10.2. The van der Waals surface area contributed by atoms with Gasteiger partial charge in [0.2, 0.25) is 0 Å². The van der Waals surface area contributed by atoms with Gasteiger partial charge < -0.3 is 5.32 Å². The third kappa shape index (κ3) is 1.90. The molecule has 1 aliphatic carbocycles. The van der Waals surface area contributed by atoms with Crippen LogP contribution in [-0.2, 0) is 0 Å². The van der Waals surface area contributed by atoms with E-state index in [0.717, 1.165) is 29.0 Å². The molecule has 3 rings (SSSR count). The van der Waals surface area contributed by atoms with E-state index >= 15 is 0 Å². The Morgan fingerprint density at radius 2 is 2.18 bits per heavy atom. The monoisotopic (exact) mass is 247 g/mol. The molecule has 0 spiro atoms. The lowest BCUT2D eigenvalue weighted by molar-refractivity contribution is 0.785. The smallest absolute Gasteiger partial charge is 0.138 e. The number of hydrogen-bond donors (Lipinski definition) is 1. The van der Waals surface area contributed by atoms with Gasteiger partial charge in [-0.3, -0.25) is 0 Å². The summed E-state index contributed by atoms with van der Waals surface area (Å²) in [6, 6.07) is 0. The molecule has 3 nitrogen and oxygen atoms in total. The molecule has 0 aliphatic heterocycles. The van der Waals surface area contributed by atoms with Crippen molar-refractivity contribution in [2.75, 3.05) is 11.9 Å². The van der Waals surface area contributed by atoms with E-state index in [2.05, 4.69) is 36.1 Å². The summed E-state index contributed by atoms with van der Waals surface area (Å²) < 4.78 is 0. The lowest BCUT2D eigenvalue weighted by Gasteiger charge is -2.06. The van der Waals surface area contributed by atoms with Gasteiger partial charge in [-0.15, -0.1) is 11.3 Å². The predicted octanol–water partition coefficient (Wildman–Crippen LogP) is 3.38. The van der Waals surface area contributed by atoms with Crippen molar-refractivity contribution < 1.29 is 0 Å². The number of rotatable bonds is 3. The normalized spacial score (nSPS) is 23.0. The molecule has 0 amide bonds. The van der Waals surface area contributed by atoms with Crippen molar-refractivity contribution in [3.8, 4) is 0 Å². The number of anilines is 1. The zero-order valence-electron chi connectivity index (χ0n) is 10.4. The molecule has 2 heterocycles. The highest BCUT2D eigenvalue weighted by molar-refractivity contribution is 7.18. The number of thiophene rings is 1. The van der Waals surface area contributed by atoms with Gasteiger partial charge in [-0.25, -0.2) is 9.97 Å². The van der Waals surface area contributed by atoms with Crippen molar-refractivity contribution in [2.45, 2.75) is 27.2 Å². The summed E-state index contributed by atoms with van der Waals surface area (Å²) in [7, 11) is 0. The molecule has 1 N–H and O–H groups in total. The standard InChI is InChI=1S/C13H17N3S/c1-7-4-10(7)5-14-12-11-8(2)9(3)17-13(11)16-6-15-12/h6-7,10H,4-5H2,1-3H3,(H,14,15,16). The van der Waals surface area contributed by atoms with E-state index in [1.807, 2.05) is 0 Å². The summed E-state index contributed by atoms with van der Waals surface area (Å²) in [4.78, 5) is 11.2. The van der Waals surface area contributed by atoms with E-state index in [1.165, 1.54) is 22.2 Å². The molecular formula is C13H17N3S.